The van der Waals surface area contributed by atoms with Gasteiger partial charge < -0.3 is 8.83 Å². The van der Waals surface area contributed by atoms with E-state index in [1.165, 1.54) is 6.39 Å². The van der Waals surface area contributed by atoms with Crippen molar-refractivity contribution in [2.75, 3.05) is 5.32 Å². The Morgan fingerprint density at radius 2 is 2.09 bits per heavy atom. The Morgan fingerprint density at radius 1 is 1.32 bits per heavy atom. The topological polar surface area (TPSA) is 94.1 Å². The first-order chi connectivity index (χ1) is 10.3. The maximum Gasteiger partial charge on any atom is 0.301 e. The lowest BCUT2D eigenvalue weighted by atomic mass is 9.92. The molecule has 0 aromatic carbocycles. The minimum Gasteiger partial charge on any atom is -0.432 e. The molecule has 1 atom stereocenters. The van der Waals surface area contributed by atoms with Crippen LogP contribution >= 0.6 is 0 Å². The first-order valence-electron chi connectivity index (χ1n) is 7.31. The van der Waals surface area contributed by atoms with Gasteiger partial charge in [0.05, 0.1) is 5.69 Å². The smallest absolute Gasteiger partial charge is 0.301 e. The summed E-state index contributed by atoms with van der Waals surface area (Å²) in [6.45, 7) is 8.09. The Hall–Kier alpha value is -2.18. The summed E-state index contributed by atoms with van der Waals surface area (Å²) in [4.78, 5) is 16.1. The highest BCUT2D eigenvalue weighted by molar-refractivity contribution is 5.88. The van der Waals surface area contributed by atoms with Gasteiger partial charge in [0.15, 0.2) is 0 Å². The summed E-state index contributed by atoms with van der Waals surface area (Å²) in [6, 6.07) is 0.245. The molecule has 2 rings (SSSR count). The lowest BCUT2D eigenvalue weighted by molar-refractivity contribution is -0.117. The van der Waals surface area contributed by atoms with Gasteiger partial charge in [-0.25, -0.2) is 0 Å². The summed E-state index contributed by atoms with van der Waals surface area (Å²) in [7, 11) is 0. The summed E-state index contributed by atoms with van der Waals surface area (Å²) in [5, 5.41) is 10.2. The fourth-order valence-electron chi connectivity index (χ4n) is 2.12. The number of carbonyl (C=O) groups excluding carboxylic acids is 1. The van der Waals surface area contributed by atoms with Crippen molar-refractivity contribution in [1.82, 2.24) is 15.2 Å². The number of nitrogens with one attached hydrogen (secondary N) is 1. The van der Waals surface area contributed by atoms with Crippen molar-refractivity contribution in [1.29, 1.82) is 0 Å². The Balaban J connectivity index is 1.84. The van der Waals surface area contributed by atoms with Crippen LogP contribution in [0.15, 0.2) is 21.5 Å². The minimum atomic E-state index is -0.0974. The lowest BCUT2D eigenvalue weighted by Gasteiger charge is -2.16. The van der Waals surface area contributed by atoms with Gasteiger partial charge in [0, 0.05) is 12.8 Å². The van der Waals surface area contributed by atoms with Crippen molar-refractivity contribution in [3.63, 3.8) is 0 Å². The fourth-order valence-corrected chi connectivity index (χ4v) is 2.12. The first-order valence-corrected chi connectivity index (χ1v) is 7.31. The third kappa shape index (κ3) is 5.31. The average Bonchev–Trinajstić information content (AvgIpc) is 2.98. The molecule has 2 aromatic heterocycles. The van der Waals surface area contributed by atoms with Crippen LogP contribution in [0, 0.1) is 11.3 Å². The Kier molecular flexibility index (Phi) is 4.95. The van der Waals surface area contributed by atoms with Crippen LogP contribution < -0.4 is 5.32 Å². The zero-order chi connectivity index (χ0) is 16.2. The number of hydrogen-bond acceptors (Lipinski definition) is 6. The third-order valence-corrected chi connectivity index (χ3v) is 2.97. The molecule has 120 valence electrons. The SMILES string of the molecule is CC(Cc1coc(NC(=O)CC(C)(C)C)n1)Cc1nnco1. The number of oxazole rings is 1. The van der Waals surface area contributed by atoms with Crippen molar-refractivity contribution in [3.05, 3.63) is 24.2 Å². The maximum absolute atomic E-state index is 11.8. The molecule has 2 heterocycles. The number of nitrogens with zero attached hydrogens (tertiary/aromatic N) is 3. The molecule has 22 heavy (non-hydrogen) atoms. The molecule has 0 radical (unpaired) electrons. The van der Waals surface area contributed by atoms with Gasteiger partial charge in [0.1, 0.15) is 6.26 Å². The van der Waals surface area contributed by atoms with Gasteiger partial charge in [-0.15, -0.1) is 10.2 Å². The van der Waals surface area contributed by atoms with Crippen molar-refractivity contribution in [2.24, 2.45) is 11.3 Å². The Bertz CT molecular complexity index is 599. The second-order valence-corrected chi connectivity index (χ2v) is 6.78. The summed E-state index contributed by atoms with van der Waals surface area (Å²) in [5.74, 6) is 0.790. The number of aromatic nitrogens is 3. The molecule has 0 bridgehead atoms. The monoisotopic (exact) mass is 306 g/mol. The molecule has 7 nitrogen and oxygen atoms in total. The van der Waals surface area contributed by atoms with Crippen LogP contribution in [0.5, 0.6) is 0 Å². The summed E-state index contributed by atoms with van der Waals surface area (Å²) >= 11 is 0. The largest absolute Gasteiger partial charge is 0.432 e. The molecule has 7 heteroatoms. The predicted octanol–water partition coefficient (Wildman–Crippen LogP) is 2.85. The van der Waals surface area contributed by atoms with Crippen LogP contribution in [0.4, 0.5) is 6.01 Å². The van der Waals surface area contributed by atoms with Crippen molar-refractivity contribution in [3.8, 4) is 0 Å². The molecule has 1 N–H and O–H groups in total. The molecule has 0 saturated heterocycles. The van der Waals surface area contributed by atoms with E-state index in [9.17, 15) is 4.79 Å². The number of anilines is 1. The quantitative estimate of drug-likeness (QED) is 0.882. The van der Waals surface area contributed by atoms with Crippen LogP contribution in [0.3, 0.4) is 0 Å². The zero-order valence-electron chi connectivity index (χ0n) is 13.4. The minimum absolute atomic E-state index is 0.0713. The van der Waals surface area contributed by atoms with E-state index in [0.29, 0.717) is 25.2 Å². The van der Waals surface area contributed by atoms with E-state index >= 15 is 0 Å². The average molecular weight is 306 g/mol. The number of hydrogen-bond donors (Lipinski definition) is 1. The molecular weight excluding hydrogens is 284 g/mol. The molecule has 1 unspecified atom stereocenters. The summed E-state index contributed by atoms with van der Waals surface area (Å²) in [6.07, 6.45) is 4.69. The summed E-state index contributed by atoms with van der Waals surface area (Å²) in [5.41, 5.74) is 0.719. The molecule has 0 spiro atoms. The van der Waals surface area contributed by atoms with Gasteiger partial charge in [0.2, 0.25) is 18.2 Å². The number of rotatable bonds is 6. The van der Waals surface area contributed by atoms with Crippen LogP contribution in [0.2, 0.25) is 0 Å². The van der Waals surface area contributed by atoms with Gasteiger partial charge >= 0.3 is 6.01 Å². The predicted molar refractivity (Wildman–Crippen MR) is 80.1 cm³/mol. The molecule has 0 saturated carbocycles. The first kappa shape index (κ1) is 16.2. The number of amides is 1. The van der Waals surface area contributed by atoms with Crippen molar-refractivity contribution >= 4 is 11.9 Å². The van der Waals surface area contributed by atoms with Crippen molar-refractivity contribution < 1.29 is 13.6 Å². The summed E-state index contributed by atoms with van der Waals surface area (Å²) < 4.78 is 10.4. The molecule has 0 aliphatic heterocycles. The number of carbonyl (C=O) groups is 1. The van der Waals surface area contributed by atoms with E-state index in [4.69, 9.17) is 8.83 Å². The van der Waals surface area contributed by atoms with Gasteiger partial charge in [-0.1, -0.05) is 27.7 Å². The van der Waals surface area contributed by atoms with E-state index in [2.05, 4.69) is 27.4 Å². The Morgan fingerprint density at radius 3 is 2.73 bits per heavy atom. The standard InChI is InChI=1S/C15H22N4O3/c1-10(6-13-19-16-9-22-13)5-11-8-21-14(17-11)18-12(20)7-15(2,3)4/h8-10H,5-7H2,1-4H3,(H,17,18,20). The van der Waals surface area contributed by atoms with E-state index in [1.54, 1.807) is 6.26 Å². The van der Waals surface area contributed by atoms with Crippen LogP contribution in [-0.2, 0) is 17.6 Å². The molecular formula is C15H22N4O3. The highest BCUT2D eigenvalue weighted by Crippen LogP contribution is 2.20. The van der Waals surface area contributed by atoms with Gasteiger partial charge in [-0.05, 0) is 17.8 Å². The highest BCUT2D eigenvalue weighted by atomic mass is 16.4. The van der Waals surface area contributed by atoms with E-state index in [1.807, 2.05) is 20.8 Å². The van der Waals surface area contributed by atoms with Gasteiger partial charge in [-0.3, -0.25) is 10.1 Å². The maximum atomic E-state index is 11.8. The molecule has 2 aromatic rings. The third-order valence-electron chi connectivity index (χ3n) is 2.97. The van der Waals surface area contributed by atoms with Crippen LogP contribution in [0.25, 0.3) is 0 Å². The molecule has 1 amide bonds. The lowest BCUT2D eigenvalue weighted by Crippen LogP contribution is -2.19. The fraction of sp³-hybridized carbons (Fsp3) is 0.600. The molecule has 0 aliphatic rings. The molecule has 0 fully saturated rings. The normalized spacial score (nSPS) is 13.1. The van der Waals surface area contributed by atoms with Crippen LogP contribution in [0.1, 0.15) is 45.7 Å². The Labute approximate surface area is 129 Å². The van der Waals surface area contributed by atoms with E-state index in [-0.39, 0.29) is 23.3 Å². The van der Waals surface area contributed by atoms with E-state index < -0.39 is 0 Å². The second kappa shape index (κ2) is 6.72. The van der Waals surface area contributed by atoms with Gasteiger partial charge in [0.25, 0.3) is 0 Å². The van der Waals surface area contributed by atoms with E-state index in [0.717, 1.165) is 5.69 Å². The van der Waals surface area contributed by atoms with Crippen LogP contribution in [-0.4, -0.2) is 21.1 Å². The highest BCUT2D eigenvalue weighted by Gasteiger charge is 2.18. The van der Waals surface area contributed by atoms with Gasteiger partial charge in [-0.2, -0.15) is 4.98 Å². The zero-order valence-corrected chi connectivity index (χ0v) is 13.4. The molecule has 0 aliphatic carbocycles. The second-order valence-electron chi connectivity index (χ2n) is 6.78. The van der Waals surface area contributed by atoms with Crippen molar-refractivity contribution in [2.45, 2.75) is 47.0 Å².